The Hall–Kier alpha value is 0.740. The van der Waals surface area contributed by atoms with Gasteiger partial charge in [-0.15, -0.1) is 11.6 Å². The molecule has 1 unspecified atom stereocenters. The third-order valence-electron chi connectivity index (χ3n) is 2.14. The Morgan fingerprint density at radius 1 is 1.21 bits per heavy atom. The molecule has 6 nitrogen and oxygen atoms in total. The molecule has 1 amide bonds. The maximum Gasteiger partial charge on any atom is 0.285 e. The summed E-state index contributed by atoms with van der Waals surface area (Å²) in [5.74, 6) is -0.845. The van der Waals surface area contributed by atoms with E-state index in [1.54, 1.807) is 28.2 Å². The number of rotatable bonds is 6. The average Bonchev–Trinajstić information content (AvgIpc) is 2.25. The van der Waals surface area contributed by atoms with Crippen LogP contribution >= 0.6 is 54.0 Å². The lowest BCUT2D eigenvalue weighted by Gasteiger charge is -2.36. The number of nitrogens with one attached hydrogen (secondary N) is 2. The van der Waals surface area contributed by atoms with E-state index >= 15 is 0 Å². The molecule has 0 fully saturated rings. The van der Waals surface area contributed by atoms with Crippen molar-refractivity contribution in [2.75, 3.05) is 34.1 Å². The fourth-order valence-electron chi connectivity index (χ4n) is 1.14. The number of alkyl halides is 4. The Labute approximate surface area is 133 Å². The van der Waals surface area contributed by atoms with E-state index in [4.69, 9.17) is 46.4 Å². The van der Waals surface area contributed by atoms with Crippen LogP contribution in [0.1, 0.15) is 0 Å². The predicted octanol–water partition coefficient (Wildman–Crippen LogP) is 1.86. The van der Waals surface area contributed by atoms with Crippen molar-refractivity contribution in [3.05, 3.63) is 0 Å². The topological polar surface area (TPSA) is 64.7 Å². The lowest BCUT2D eigenvalue weighted by atomic mass is 10.5. The third-order valence-corrected chi connectivity index (χ3v) is 5.80. The van der Waals surface area contributed by atoms with Crippen molar-refractivity contribution >= 4 is 59.9 Å². The number of carbonyl (C=O) groups is 1. The van der Waals surface area contributed by atoms with Gasteiger partial charge in [0.15, 0.2) is 0 Å². The van der Waals surface area contributed by atoms with E-state index in [1.165, 1.54) is 9.34 Å². The van der Waals surface area contributed by atoms with Crippen LogP contribution in [0.2, 0.25) is 0 Å². The minimum absolute atomic E-state index is 0.298. The van der Waals surface area contributed by atoms with Crippen LogP contribution in [0.3, 0.4) is 0 Å². The smallest absolute Gasteiger partial charge is 0.285 e. The first kappa shape index (κ1) is 19.7. The molecule has 0 aliphatic carbocycles. The van der Waals surface area contributed by atoms with Crippen LogP contribution in [0.25, 0.3) is 0 Å². The highest BCUT2D eigenvalue weighted by Crippen LogP contribution is 2.47. The van der Waals surface area contributed by atoms with Crippen LogP contribution in [0.15, 0.2) is 0 Å². The number of carbonyl (C=O) groups excluding carboxylic acids is 1. The summed E-state index contributed by atoms with van der Waals surface area (Å²) in [7, 11) is 3.24. The van der Waals surface area contributed by atoms with Crippen LogP contribution < -0.4 is 10.4 Å². The zero-order valence-electron chi connectivity index (χ0n) is 11.0. The summed E-state index contributed by atoms with van der Waals surface area (Å²) in [6, 6.07) is 0. The molecule has 0 aromatic rings. The number of amides is 1. The molecule has 0 saturated carbocycles. The van der Waals surface area contributed by atoms with Crippen LogP contribution in [0.4, 0.5) is 0 Å². The molecule has 0 aromatic carbocycles. The second-order valence-corrected chi connectivity index (χ2v) is 9.63. The van der Waals surface area contributed by atoms with Crippen LogP contribution in [0.5, 0.6) is 0 Å². The fourth-order valence-corrected chi connectivity index (χ4v) is 3.55. The minimum Gasteiger partial charge on any atom is -0.335 e. The van der Waals surface area contributed by atoms with Crippen molar-refractivity contribution in [2.45, 2.75) is 9.96 Å². The van der Waals surface area contributed by atoms with Gasteiger partial charge < -0.3 is 5.32 Å². The first-order chi connectivity index (χ1) is 8.45. The van der Waals surface area contributed by atoms with Gasteiger partial charge in [-0.2, -0.15) is 0 Å². The van der Waals surface area contributed by atoms with E-state index in [1.807, 2.05) is 0 Å². The van der Waals surface area contributed by atoms with Gasteiger partial charge in [-0.1, -0.05) is 34.8 Å². The first-order valence-electron chi connectivity index (χ1n) is 5.10. The Balaban J connectivity index is 5.20. The summed E-state index contributed by atoms with van der Waals surface area (Å²) in [6.45, 7) is 0. The van der Waals surface area contributed by atoms with E-state index in [0.29, 0.717) is 0 Å². The van der Waals surface area contributed by atoms with E-state index in [0.717, 1.165) is 0 Å². The van der Waals surface area contributed by atoms with Gasteiger partial charge in [0, 0.05) is 0 Å². The van der Waals surface area contributed by atoms with Crippen molar-refractivity contribution in [2.24, 2.45) is 0 Å². The minimum atomic E-state index is -3.18. The summed E-state index contributed by atoms with van der Waals surface area (Å²) >= 11 is 22.7. The van der Waals surface area contributed by atoms with Crippen LogP contribution in [0, 0.1) is 0 Å². The largest absolute Gasteiger partial charge is 0.335 e. The molecular formula is C8H17Cl4N4O2P. The monoisotopic (exact) mass is 372 g/mol. The molecule has 0 bridgehead atoms. The fraction of sp³-hybridized carbons (Fsp3) is 0.875. The molecule has 1 atom stereocenters. The van der Waals surface area contributed by atoms with Gasteiger partial charge in [0.1, 0.15) is 12.0 Å². The van der Waals surface area contributed by atoms with Gasteiger partial charge in [0.2, 0.25) is 9.70 Å². The highest BCUT2D eigenvalue weighted by atomic mass is 35.6. The molecule has 0 aliphatic rings. The summed E-state index contributed by atoms with van der Waals surface area (Å²) in [6.07, 6.45) is -1.15. The zero-order valence-corrected chi connectivity index (χ0v) is 14.9. The van der Waals surface area contributed by atoms with Crippen LogP contribution in [-0.2, 0) is 9.36 Å². The SMILES string of the molecule is CN(C)P(=O)(NC(NC(=O)CCl)C(Cl)(Cl)Cl)N(C)C. The first-order valence-corrected chi connectivity index (χ1v) is 8.38. The van der Waals surface area contributed by atoms with Gasteiger partial charge in [0.05, 0.1) is 0 Å². The molecule has 2 N–H and O–H groups in total. The van der Waals surface area contributed by atoms with Gasteiger partial charge in [-0.25, -0.2) is 14.4 Å². The second-order valence-electron chi connectivity index (χ2n) is 4.04. The molecule has 114 valence electrons. The third kappa shape index (κ3) is 5.94. The predicted molar refractivity (Wildman–Crippen MR) is 81.1 cm³/mol. The standard InChI is InChI=1S/C8H17Cl4N4O2P/c1-15(2)19(18,16(3)4)14-7(8(10,11)12)13-6(17)5-9/h7H,5H2,1-4H3,(H,13,17)(H,14,18). The molecular weight excluding hydrogens is 357 g/mol. The Kier molecular flexibility index (Phi) is 7.96. The van der Waals surface area contributed by atoms with Gasteiger partial charge in [-0.05, 0) is 28.2 Å². The van der Waals surface area contributed by atoms with E-state index in [2.05, 4.69) is 10.4 Å². The number of nitrogens with zero attached hydrogens (tertiary/aromatic N) is 2. The highest BCUT2D eigenvalue weighted by molar-refractivity contribution is 7.56. The molecule has 0 heterocycles. The Morgan fingerprint density at radius 3 is 1.89 bits per heavy atom. The maximum atomic E-state index is 12.7. The lowest BCUT2D eigenvalue weighted by Crippen LogP contribution is -2.54. The van der Waals surface area contributed by atoms with Crippen molar-refractivity contribution in [3.8, 4) is 0 Å². The average molecular weight is 374 g/mol. The van der Waals surface area contributed by atoms with Crippen molar-refractivity contribution in [1.29, 1.82) is 0 Å². The molecule has 0 spiro atoms. The van der Waals surface area contributed by atoms with Gasteiger partial charge >= 0.3 is 0 Å². The highest BCUT2D eigenvalue weighted by Gasteiger charge is 2.40. The van der Waals surface area contributed by atoms with Gasteiger partial charge in [-0.3, -0.25) is 9.36 Å². The van der Waals surface area contributed by atoms with E-state index < -0.39 is 23.5 Å². The van der Waals surface area contributed by atoms with E-state index in [9.17, 15) is 9.36 Å². The Bertz CT molecular complexity index is 349. The molecule has 0 aliphatic heterocycles. The molecule has 19 heavy (non-hydrogen) atoms. The summed E-state index contributed by atoms with van der Waals surface area (Å²) in [4.78, 5) is 11.3. The maximum absolute atomic E-state index is 12.7. The molecule has 0 rings (SSSR count). The molecule has 11 heteroatoms. The summed E-state index contributed by atoms with van der Waals surface area (Å²) in [5.41, 5.74) is 0. The number of halogens is 4. The second kappa shape index (κ2) is 7.66. The molecule has 0 saturated heterocycles. The van der Waals surface area contributed by atoms with Gasteiger partial charge in [0.25, 0.3) is 7.59 Å². The summed E-state index contributed by atoms with van der Waals surface area (Å²) in [5, 5.41) is 5.02. The number of hydrogen-bond acceptors (Lipinski definition) is 2. The normalized spacial score (nSPS) is 14.8. The zero-order chi connectivity index (χ0) is 15.4. The Morgan fingerprint density at radius 2 is 1.63 bits per heavy atom. The van der Waals surface area contributed by atoms with Crippen LogP contribution in [-0.4, -0.2) is 59.3 Å². The van der Waals surface area contributed by atoms with Crippen molar-refractivity contribution in [1.82, 2.24) is 19.7 Å². The van der Waals surface area contributed by atoms with E-state index in [-0.39, 0.29) is 5.88 Å². The van der Waals surface area contributed by atoms with Crippen molar-refractivity contribution < 1.29 is 9.36 Å². The van der Waals surface area contributed by atoms with Crippen molar-refractivity contribution in [3.63, 3.8) is 0 Å². The lowest BCUT2D eigenvalue weighted by molar-refractivity contribution is -0.119. The quantitative estimate of drug-likeness (QED) is 0.422. The molecule has 0 radical (unpaired) electrons. The molecule has 0 aromatic heterocycles. The number of hydrogen-bond donors (Lipinski definition) is 2. The summed E-state index contributed by atoms with van der Waals surface area (Å²) < 4.78 is 13.7.